The second kappa shape index (κ2) is 10.8. The number of hydrogen-bond acceptors (Lipinski definition) is 7. The number of likely N-dealkylation sites (tertiary alicyclic amines) is 1. The maximum atomic E-state index is 14.9. The summed E-state index contributed by atoms with van der Waals surface area (Å²) >= 11 is 0. The Morgan fingerprint density at radius 3 is 2.41 bits per heavy atom. The lowest BCUT2D eigenvalue weighted by Gasteiger charge is -2.35. The van der Waals surface area contributed by atoms with E-state index in [-0.39, 0.29) is 22.6 Å². The van der Waals surface area contributed by atoms with E-state index >= 15 is 0 Å². The maximum Gasteiger partial charge on any atom is 0.300 e. The van der Waals surface area contributed by atoms with E-state index in [2.05, 4.69) is 34.1 Å². The van der Waals surface area contributed by atoms with E-state index in [9.17, 15) is 18.7 Å². The minimum Gasteiger partial charge on any atom is -0.481 e. The molecule has 0 saturated carbocycles. The van der Waals surface area contributed by atoms with Gasteiger partial charge in [0.2, 0.25) is 5.88 Å². The number of pyridine rings is 1. The molecule has 39 heavy (non-hydrogen) atoms. The lowest BCUT2D eigenvalue weighted by Crippen LogP contribution is -2.40. The number of hydrogen-bond donors (Lipinski definition) is 2. The number of piperidine rings is 1. The molecule has 212 valence electrons. The first-order chi connectivity index (χ1) is 18.2. The average Bonchev–Trinajstić information content (AvgIpc) is 2.90. The monoisotopic (exact) mass is 543 g/mol. The van der Waals surface area contributed by atoms with E-state index in [1.807, 2.05) is 13.0 Å². The van der Waals surface area contributed by atoms with Crippen LogP contribution in [0, 0.1) is 0 Å². The molecule has 0 spiro atoms. The van der Waals surface area contributed by atoms with Crippen LogP contribution in [0.3, 0.4) is 0 Å². The van der Waals surface area contributed by atoms with Crippen molar-refractivity contribution in [2.24, 2.45) is 7.05 Å². The van der Waals surface area contributed by atoms with Gasteiger partial charge in [0.15, 0.2) is 5.82 Å². The Morgan fingerprint density at radius 2 is 1.82 bits per heavy atom. The van der Waals surface area contributed by atoms with Crippen molar-refractivity contribution in [1.29, 1.82) is 0 Å². The van der Waals surface area contributed by atoms with Crippen molar-refractivity contribution >= 4 is 16.7 Å². The van der Waals surface area contributed by atoms with Crippen molar-refractivity contribution in [2.75, 3.05) is 25.5 Å². The molecule has 1 saturated heterocycles. The van der Waals surface area contributed by atoms with Crippen LogP contribution in [0.5, 0.6) is 5.88 Å². The van der Waals surface area contributed by atoms with Crippen LogP contribution >= 0.6 is 0 Å². The zero-order valence-corrected chi connectivity index (χ0v) is 23.8. The van der Waals surface area contributed by atoms with E-state index in [0.29, 0.717) is 28.7 Å². The van der Waals surface area contributed by atoms with Gasteiger partial charge in [-0.1, -0.05) is 18.2 Å². The van der Waals surface area contributed by atoms with Gasteiger partial charge in [0.1, 0.15) is 11.1 Å². The molecule has 1 atom stereocenters. The largest absolute Gasteiger partial charge is 0.481 e. The standard InChI is InChI=1S/C29H39F2N5O3/c1-17(2)36-13-11-19(12-14-36)22-16-23-24(33-26(22)39-7)27(37)35(6)34-25(23)32-18(3)20-9-8-10-21(15-20)29(30,31)28(4,5)38/h8-10,15-19,38H,11-14H2,1-7H3,(H,32,34)/t18-/m1/s1. The van der Waals surface area contributed by atoms with Crippen LogP contribution in [0.2, 0.25) is 0 Å². The third kappa shape index (κ3) is 5.63. The summed E-state index contributed by atoms with van der Waals surface area (Å²) in [6, 6.07) is 7.96. The van der Waals surface area contributed by atoms with Gasteiger partial charge in [0.25, 0.3) is 5.56 Å². The summed E-state index contributed by atoms with van der Waals surface area (Å²) in [5.74, 6) is -2.35. The molecule has 0 amide bonds. The van der Waals surface area contributed by atoms with E-state index in [0.717, 1.165) is 45.3 Å². The van der Waals surface area contributed by atoms with E-state index in [1.165, 1.54) is 16.8 Å². The van der Waals surface area contributed by atoms with E-state index in [4.69, 9.17) is 4.74 Å². The number of aromatic nitrogens is 3. The summed E-state index contributed by atoms with van der Waals surface area (Å²) in [5, 5.41) is 18.4. The Morgan fingerprint density at radius 1 is 1.15 bits per heavy atom. The van der Waals surface area contributed by atoms with Gasteiger partial charge in [-0.05, 0) is 84.2 Å². The smallest absolute Gasteiger partial charge is 0.300 e. The fraction of sp³-hybridized carbons (Fsp3) is 0.552. The number of nitrogens with zero attached hydrogens (tertiary/aromatic N) is 4. The van der Waals surface area contributed by atoms with Crippen LogP contribution in [-0.2, 0) is 13.0 Å². The van der Waals surface area contributed by atoms with Crippen LogP contribution in [0.15, 0.2) is 35.1 Å². The molecule has 4 rings (SSSR count). The highest BCUT2D eigenvalue weighted by Crippen LogP contribution is 2.40. The number of alkyl halides is 2. The minimum atomic E-state index is -3.44. The van der Waals surface area contributed by atoms with Gasteiger partial charge in [-0.3, -0.25) is 4.79 Å². The summed E-state index contributed by atoms with van der Waals surface area (Å²) < 4.78 is 36.6. The predicted molar refractivity (Wildman–Crippen MR) is 149 cm³/mol. The zero-order chi connectivity index (χ0) is 28.7. The minimum absolute atomic E-state index is 0.224. The van der Waals surface area contributed by atoms with E-state index in [1.54, 1.807) is 26.3 Å². The molecule has 0 radical (unpaired) electrons. The predicted octanol–water partition coefficient (Wildman–Crippen LogP) is 4.96. The lowest BCUT2D eigenvalue weighted by molar-refractivity contribution is -0.168. The lowest BCUT2D eigenvalue weighted by atomic mass is 9.89. The van der Waals surface area contributed by atoms with Crippen molar-refractivity contribution in [3.05, 3.63) is 57.4 Å². The van der Waals surface area contributed by atoms with Gasteiger partial charge < -0.3 is 20.1 Å². The number of rotatable bonds is 8. The molecular weight excluding hydrogens is 504 g/mol. The molecule has 1 aliphatic heterocycles. The second-order valence-electron chi connectivity index (χ2n) is 11.3. The Labute approximate surface area is 228 Å². The molecule has 0 bridgehead atoms. The van der Waals surface area contributed by atoms with Crippen molar-refractivity contribution < 1.29 is 18.6 Å². The van der Waals surface area contributed by atoms with Crippen molar-refractivity contribution in [3.63, 3.8) is 0 Å². The molecule has 8 nitrogen and oxygen atoms in total. The fourth-order valence-electron chi connectivity index (χ4n) is 5.19. The zero-order valence-electron chi connectivity index (χ0n) is 23.8. The van der Waals surface area contributed by atoms with Crippen molar-refractivity contribution in [2.45, 2.75) is 77.0 Å². The van der Waals surface area contributed by atoms with Gasteiger partial charge in [-0.2, -0.15) is 13.9 Å². The summed E-state index contributed by atoms with van der Waals surface area (Å²) in [6.07, 6.45) is 1.89. The number of ether oxygens (including phenoxy) is 1. The van der Waals surface area contributed by atoms with Gasteiger partial charge >= 0.3 is 5.92 Å². The van der Waals surface area contributed by atoms with Gasteiger partial charge in [0.05, 0.1) is 18.5 Å². The van der Waals surface area contributed by atoms with Crippen LogP contribution in [0.25, 0.3) is 10.9 Å². The highest BCUT2D eigenvalue weighted by molar-refractivity contribution is 5.89. The first-order valence-electron chi connectivity index (χ1n) is 13.4. The Bertz CT molecular complexity index is 1390. The van der Waals surface area contributed by atoms with Crippen LogP contribution in [0.4, 0.5) is 14.6 Å². The molecule has 1 aliphatic rings. The Balaban J connectivity index is 1.73. The first-order valence-corrected chi connectivity index (χ1v) is 13.4. The summed E-state index contributed by atoms with van der Waals surface area (Å²) in [6.45, 7) is 10.3. The Hall–Kier alpha value is -3.11. The molecule has 3 aromatic rings. The summed E-state index contributed by atoms with van der Waals surface area (Å²) in [5.41, 5.74) is -1.10. The molecule has 2 N–H and O–H groups in total. The number of halogens is 2. The van der Waals surface area contributed by atoms with Crippen LogP contribution in [0.1, 0.15) is 76.1 Å². The quantitative estimate of drug-likeness (QED) is 0.415. The summed E-state index contributed by atoms with van der Waals surface area (Å²) in [7, 11) is 3.11. The molecule has 0 aliphatic carbocycles. The number of fused-ring (bicyclic) bond motifs is 1. The van der Waals surface area contributed by atoms with Crippen molar-refractivity contribution in [3.8, 4) is 5.88 Å². The van der Waals surface area contributed by atoms with Gasteiger partial charge in [-0.25, -0.2) is 9.67 Å². The van der Waals surface area contributed by atoms with Gasteiger partial charge in [-0.15, -0.1) is 0 Å². The maximum absolute atomic E-state index is 14.9. The molecule has 1 aromatic carbocycles. The Kier molecular flexibility index (Phi) is 8.01. The topological polar surface area (TPSA) is 92.5 Å². The number of anilines is 1. The van der Waals surface area contributed by atoms with Crippen LogP contribution < -0.4 is 15.6 Å². The molecule has 0 unspecified atom stereocenters. The number of methoxy groups -OCH3 is 1. The SMILES string of the molecule is COc1nc2c(=O)n(C)nc(N[C@H](C)c3cccc(C(F)(F)C(C)(C)O)c3)c2cc1C1CCN(C(C)C)CC1. The van der Waals surface area contributed by atoms with E-state index < -0.39 is 17.6 Å². The molecule has 10 heteroatoms. The molecule has 1 fully saturated rings. The average molecular weight is 544 g/mol. The third-order valence-electron chi connectivity index (χ3n) is 7.78. The molecule has 2 aromatic heterocycles. The third-order valence-corrected chi connectivity index (χ3v) is 7.78. The highest BCUT2D eigenvalue weighted by Gasteiger charge is 2.47. The van der Waals surface area contributed by atoms with Crippen molar-refractivity contribution in [1.82, 2.24) is 19.7 Å². The molecule has 3 heterocycles. The summed E-state index contributed by atoms with van der Waals surface area (Å²) in [4.78, 5) is 20.1. The molecular formula is C29H39F2N5O3. The second-order valence-corrected chi connectivity index (χ2v) is 11.3. The normalized spacial score (nSPS) is 16.6. The number of nitrogens with one attached hydrogen (secondary N) is 1. The fourth-order valence-corrected chi connectivity index (χ4v) is 5.19. The highest BCUT2D eigenvalue weighted by atomic mass is 19.3. The van der Waals surface area contributed by atoms with Gasteiger partial charge in [0, 0.05) is 24.2 Å². The number of aliphatic hydroxyl groups is 1. The van der Waals surface area contributed by atoms with Crippen LogP contribution in [-0.4, -0.2) is 56.6 Å². The first kappa shape index (κ1) is 28.9. The number of aryl methyl sites for hydroxylation is 1. The number of benzene rings is 1.